The number of rotatable bonds is 4. The summed E-state index contributed by atoms with van der Waals surface area (Å²) in [5, 5.41) is 3.13. The van der Waals surface area contributed by atoms with Gasteiger partial charge in [-0.2, -0.15) is 0 Å². The molecule has 3 rings (SSSR count). The minimum atomic E-state index is -0.00488. The molecule has 0 radical (unpaired) electrons. The molecule has 0 spiro atoms. The molecule has 0 aromatic heterocycles. The summed E-state index contributed by atoms with van der Waals surface area (Å²) in [5.41, 5.74) is 7.32. The van der Waals surface area contributed by atoms with Gasteiger partial charge in [0.1, 0.15) is 5.75 Å². The molecule has 122 valence electrons. The third-order valence-corrected chi connectivity index (χ3v) is 5.26. The van der Waals surface area contributed by atoms with Crippen molar-refractivity contribution in [3.05, 3.63) is 29.8 Å². The molecule has 0 heterocycles. The van der Waals surface area contributed by atoms with Crippen molar-refractivity contribution in [1.29, 1.82) is 0 Å². The smallest absolute Gasteiger partial charge is 0.225 e. The van der Waals surface area contributed by atoms with Crippen molar-refractivity contribution in [2.45, 2.75) is 38.3 Å². The summed E-state index contributed by atoms with van der Waals surface area (Å²) in [6, 6.07) is 7.86. The third kappa shape index (κ3) is 3.08. The molecule has 1 aromatic rings. The maximum Gasteiger partial charge on any atom is 0.225 e. The average Bonchev–Trinajstić information content (AvgIpc) is 3.08. The zero-order valence-electron chi connectivity index (χ0n) is 13.1. The van der Waals surface area contributed by atoms with E-state index in [1.165, 1.54) is 6.42 Å². The molecule has 2 aliphatic rings. The van der Waals surface area contributed by atoms with Crippen molar-refractivity contribution in [2.24, 2.45) is 23.5 Å². The number of nitrogens with one attached hydrogen (secondary N) is 1. The quantitative estimate of drug-likeness (QED) is 0.895. The predicted octanol–water partition coefficient (Wildman–Crippen LogP) is 2.67. The van der Waals surface area contributed by atoms with Crippen molar-refractivity contribution >= 4 is 18.3 Å². The topological polar surface area (TPSA) is 64.3 Å². The molecule has 5 heteroatoms. The number of nitrogens with two attached hydrogens (primary N) is 1. The predicted molar refractivity (Wildman–Crippen MR) is 89.1 cm³/mol. The zero-order chi connectivity index (χ0) is 15.0. The highest BCUT2D eigenvalue weighted by Gasteiger charge is 2.49. The van der Waals surface area contributed by atoms with Crippen LogP contribution in [0.2, 0.25) is 0 Å². The van der Waals surface area contributed by atoms with E-state index in [4.69, 9.17) is 10.5 Å². The van der Waals surface area contributed by atoms with Crippen molar-refractivity contribution in [3.63, 3.8) is 0 Å². The van der Waals surface area contributed by atoms with Gasteiger partial charge in [0.15, 0.2) is 0 Å². The van der Waals surface area contributed by atoms with Crippen LogP contribution in [0.5, 0.6) is 5.75 Å². The Bertz CT molecular complexity index is 518. The second-order valence-electron chi connectivity index (χ2n) is 6.44. The lowest BCUT2D eigenvalue weighted by atomic mass is 9.84. The van der Waals surface area contributed by atoms with E-state index in [0.717, 1.165) is 24.2 Å². The van der Waals surface area contributed by atoms with Gasteiger partial charge in [0.2, 0.25) is 5.91 Å². The van der Waals surface area contributed by atoms with Crippen LogP contribution < -0.4 is 15.8 Å². The van der Waals surface area contributed by atoms with E-state index >= 15 is 0 Å². The molecular weight excluding hydrogens is 300 g/mol. The van der Waals surface area contributed by atoms with Gasteiger partial charge >= 0.3 is 0 Å². The minimum absolute atomic E-state index is 0. The van der Waals surface area contributed by atoms with Gasteiger partial charge in [0.25, 0.3) is 0 Å². The van der Waals surface area contributed by atoms with E-state index in [2.05, 4.69) is 5.32 Å². The third-order valence-electron chi connectivity index (χ3n) is 5.26. The van der Waals surface area contributed by atoms with Crippen LogP contribution in [0.4, 0.5) is 0 Å². The molecule has 22 heavy (non-hydrogen) atoms. The van der Waals surface area contributed by atoms with Crippen LogP contribution in [0.1, 0.15) is 37.8 Å². The molecule has 1 amide bonds. The maximum atomic E-state index is 12.5. The van der Waals surface area contributed by atoms with Gasteiger partial charge in [-0.25, -0.2) is 0 Å². The summed E-state index contributed by atoms with van der Waals surface area (Å²) >= 11 is 0. The molecule has 2 bridgehead atoms. The molecular formula is C17H25ClN2O2. The highest BCUT2D eigenvalue weighted by molar-refractivity contribution is 5.85. The van der Waals surface area contributed by atoms with Gasteiger partial charge < -0.3 is 15.8 Å². The second kappa shape index (κ2) is 6.88. The first-order valence-corrected chi connectivity index (χ1v) is 7.80. The molecule has 0 saturated heterocycles. The molecule has 2 aliphatic carbocycles. The summed E-state index contributed by atoms with van der Waals surface area (Å²) in [6.45, 7) is 2.01. The highest BCUT2D eigenvalue weighted by Crippen LogP contribution is 2.47. The Hall–Kier alpha value is -1.26. The minimum Gasteiger partial charge on any atom is -0.497 e. The molecule has 4 nitrogen and oxygen atoms in total. The van der Waals surface area contributed by atoms with Crippen molar-refractivity contribution < 1.29 is 9.53 Å². The summed E-state index contributed by atoms with van der Waals surface area (Å²) in [7, 11) is 1.65. The van der Waals surface area contributed by atoms with Crippen LogP contribution in [0.3, 0.4) is 0 Å². The molecule has 5 atom stereocenters. The van der Waals surface area contributed by atoms with Gasteiger partial charge in [-0.3, -0.25) is 4.79 Å². The lowest BCUT2D eigenvalue weighted by Crippen LogP contribution is -2.45. The Labute approximate surface area is 138 Å². The lowest BCUT2D eigenvalue weighted by Gasteiger charge is -2.28. The van der Waals surface area contributed by atoms with E-state index in [9.17, 15) is 4.79 Å². The average molecular weight is 325 g/mol. The van der Waals surface area contributed by atoms with Crippen LogP contribution in [0.25, 0.3) is 0 Å². The first kappa shape index (κ1) is 17.1. The summed E-state index contributed by atoms with van der Waals surface area (Å²) < 4.78 is 5.15. The Morgan fingerprint density at radius 3 is 2.45 bits per heavy atom. The lowest BCUT2D eigenvalue weighted by molar-refractivity contribution is -0.127. The number of carbonyl (C=O) groups is 1. The first-order valence-electron chi connectivity index (χ1n) is 7.80. The Kier molecular flexibility index (Phi) is 5.35. The van der Waals surface area contributed by atoms with E-state index in [-0.39, 0.29) is 36.3 Å². The Morgan fingerprint density at radius 1 is 1.27 bits per heavy atom. The van der Waals surface area contributed by atoms with E-state index in [0.29, 0.717) is 11.8 Å². The van der Waals surface area contributed by atoms with Gasteiger partial charge in [-0.05, 0) is 55.7 Å². The first-order chi connectivity index (χ1) is 10.1. The number of methoxy groups -OCH3 is 1. The van der Waals surface area contributed by atoms with Crippen molar-refractivity contribution in [2.75, 3.05) is 7.11 Å². The van der Waals surface area contributed by atoms with Crippen LogP contribution in [0.15, 0.2) is 24.3 Å². The second-order valence-corrected chi connectivity index (χ2v) is 6.44. The number of carbonyl (C=O) groups excluding carboxylic acids is 1. The van der Waals surface area contributed by atoms with Crippen LogP contribution in [-0.2, 0) is 4.79 Å². The van der Waals surface area contributed by atoms with Crippen molar-refractivity contribution in [3.8, 4) is 5.75 Å². The van der Waals surface area contributed by atoms with Crippen LogP contribution in [-0.4, -0.2) is 19.1 Å². The van der Waals surface area contributed by atoms with Gasteiger partial charge in [-0.1, -0.05) is 12.1 Å². The molecule has 2 fully saturated rings. The summed E-state index contributed by atoms with van der Waals surface area (Å²) in [5.74, 6) is 2.00. The number of fused-ring (bicyclic) bond motifs is 2. The fourth-order valence-electron chi connectivity index (χ4n) is 4.01. The Morgan fingerprint density at radius 2 is 1.91 bits per heavy atom. The standard InChI is InChI=1S/C17H24N2O2.ClH/c1-10(11-5-7-14(21-2)8-6-11)19-17(20)15-12-3-4-13(9-12)16(15)18;/h5-8,10,12-13,15-16H,3-4,9,18H2,1-2H3,(H,19,20);1H. The monoisotopic (exact) mass is 324 g/mol. The molecule has 3 N–H and O–H groups in total. The number of amides is 1. The molecule has 5 unspecified atom stereocenters. The maximum absolute atomic E-state index is 12.5. The van der Waals surface area contributed by atoms with Crippen LogP contribution in [0, 0.1) is 17.8 Å². The number of halogens is 1. The SMILES string of the molecule is COc1ccc(C(C)NC(=O)C2C3CCC(C3)C2N)cc1.Cl. The summed E-state index contributed by atoms with van der Waals surface area (Å²) in [6.07, 6.45) is 3.49. The molecule has 1 aromatic carbocycles. The Balaban J connectivity index is 0.00000176. The van der Waals surface area contributed by atoms with E-state index in [1.807, 2.05) is 31.2 Å². The highest BCUT2D eigenvalue weighted by atomic mass is 35.5. The van der Waals surface area contributed by atoms with Gasteiger partial charge in [0.05, 0.1) is 19.1 Å². The largest absolute Gasteiger partial charge is 0.497 e. The zero-order valence-corrected chi connectivity index (χ0v) is 13.9. The molecule has 0 aliphatic heterocycles. The van der Waals surface area contributed by atoms with Gasteiger partial charge in [-0.15, -0.1) is 12.4 Å². The normalized spacial score (nSPS) is 30.5. The fraction of sp³-hybridized carbons (Fsp3) is 0.588. The number of benzene rings is 1. The van der Waals surface area contributed by atoms with Crippen LogP contribution >= 0.6 is 12.4 Å². The molecule has 2 saturated carbocycles. The number of ether oxygens (including phenoxy) is 1. The summed E-state index contributed by atoms with van der Waals surface area (Å²) in [4.78, 5) is 12.5. The van der Waals surface area contributed by atoms with Crippen molar-refractivity contribution in [1.82, 2.24) is 5.32 Å². The fourth-order valence-corrected chi connectivity index (χ4v) is 4.01. The number of hydrogen-bond acceptors (Lipinski definition) is 3. The number of hydrogen-bond donors (Lipinski definition) is 2. The van der Waals surface area contributed by atoms with Gasteiger partial charge in [0, 0.05) is 6.04 Å². The van der Waals surface area contributed by atoms with E-state index < -0.39 is 0 Å². The van der Waals surface area contributed by atoms with E-state index in [1.54, 1.807) is 7.11 Å².